The van der Waals surface area contributed by atoms with Crippen LogP contribution in [0.1, 0.15) is 36.7 Å². The van der Waals surface area contributed by atoms with E-state index in [1.807, 2.05) is 54.6 Å². The zero-order chi connectivity index (χ0) is 23.1. The van der Waals surface area contributed by atoms with Crippen molar-refractivity contribution in [3.63, 3.8) is 0 Å². The number of rotatable bonds is 8. The van der Waals surface area contributed by atoms with Gasteiger partial charge in [-0.25, -0.2) is 4.98 Å². The van der Waals surface area contributed by atoms with E-state index in [1.54, 1.807) is 6.08 Å². The fourth-order valence-corrected chi connectivity index (χ4v) is 4.79. The Morgan fingerprint density at radius 3 is 2.41 bits per heavy atom. The topological polar surface area (TPSA) is 71.1 Å². The van der Waals surface area contributed by atoms with Gasteiger partial charge < -0.3 is 10.6 Å². The molecular formula is C25H27N3O2S2. The van der Waals surface area contributed by atoms with Gasteiger partial charge in [-0.2, -0.15) is 0 Å². The fourth-order valence-electron chi connectivity index (χ4n) is 2.90. The zero-order valence-electron chi connectivity index (χ0n) is 18.5. The van der Waals surface area contributed by atoms with Crippen molar-refractivity contribution >= 4 is 39.9 Å². The molecule has 0 unspecified atom stereocenters. The van der Waals surface area contributed by atoms with Crippen molar-refractivity contribution in [3.05, 3.63) is 78.4 Å². The molecule has 0 aliphatic rings. The maximum Gasteiger partial charge on any atom is 0.256 e. The fraction of sp³-hybridized carbons (Fsp3) is 0.240. The molecule has 2 N–H and O–H groups in total. The molecule has 0 atom stereocenters. The number of nitrogens with zero attached hydrogens (tertiary/aromatic N) is 1. The van der Waals surface area contributed by atoms with Crippen LogP contribution in [0, 0.1) is 0 Å². The van der Waals surface area contributed by atoms with Crippen LogP contribution in [0.25, 0.3) is 11.3 Å². The number of nitrogens with one attached hydrogen (secondary N) is 2. The minimum atomic E-state index is -0.188. The quantitative estimate of drug-likeness (QED) is 0.328. The van der Waals surface area contributed by atoms with Crippen molar-refractivity contribution in [2.24, 2.45) is 0 Å². The van der Waals surface area contributed by atoms with Gasteiger partial charge in [0.25, 0.3) is 5.91 Å². The van der Waals surface area contributed by atoms with Crippen LogP contribution in [0.15, 0.2) is 71.6 Å². The summed E-state index contributed by atoms with van der Waals surface area (Å²) in [5.41, 5.74) is 3.39. The molecule has 166 valence electrons. The average Bonchev–Trinajstić information content (AvgIpc) is 3.19. The molecule has 3 aromatic rings. The van der Waals surface area contributed by atoms with E-state index in [9.17, 15) is 9.59 Å². The first-order valence-electron chi connectivity index (χ1n) is 10.3. The van der Waals surface area contributed by atoms with Gasteiger partial charge in [0.1, 0.15) is 10.7 Å². The standard InChI is InChI=1S/C25H27N3O2S2/c1-5-15-26-20(29)16-31-24-27-21(17-9-7-6-8-10-17)23(32-24)28-22(30)18-11-13-19(14-12-18)25(2,3)4/h5-14H,1,15-16H2,2-4H3,(H,26,29)(H,28,30). The number of hydrogen-bond donors (Lipinski definition) is 2. The first kappa shape index (κ1) is 23.8. The minimum absolute atomic E-state index is 0.0250. The summed E-state index contributed by atoms with van der Waals surface area (Å²) in [7, 11) is 0. The summed E-state index contributed by atoms with van der Waals surface area (Å²) in [4.78, 5) is 29.6. The molecule has 0 aliphatic carbocycles. The van der Waals surface area contributed by atoms with Gasteiger partial charge in [-0.05, 0) is 23.1 Å². The maximum absolute atomic E-state index is 12.9. The molecule has 0 spiro atoms. The van der Waals surface area contributed by atoms with Crippen molar-refractivity contribution < 1.29 is 9.59 Å². The highest BCUT2D eigenvalue weighted by Crippen LogP contribution is 2.37. The number of benzene rings is 2. The lowest BCUT2D eigenvalue weighted by Crippen LogP contribution is -2.24. The van der Waals surface area contributed by atoms with E-state index in [-0.39, 0.29) is 23.0 Å². The Morgan fingerprint density at radius 1 is 1.09 bits per heavy atom. The molecule has 0 saturated heterocycles. The minimum Gasteiger partial charge on any atom is -0.352 e. The van der Waals surface area contributed by atoms with Gasteiger partial charge in [0.15, 0.2) is 4.34 Å². The van der Waals surface area contributed by atoms with Crippen molar-refractivity contribution in [2.75, 3.05) is 17.6 Å². The highest BCUT2D eigenvalue weighted by Gasteiger charge is 2.18. The third-order valence-electron chi connectivity index (χ3n) is 4.67. The Kier molecular flexibility index (Phi) is 7.88. The average molecular weight is 466 g/mol. The van der Waals surface area contributed by atoms with E-state index < -0.39 is 0 Å². The number of carbonyl (C=O) groups is 2. The predicted octanol–water partition coefficient (Wildman–Crippen LogP) is 5.75. The number of thiazole rings is 1. The molecule has 7 heteroatoms. The van der Waals surface area contributed by atoms with Gasteiger partial charge in [0, 0.05) is 17.7 Å². The van der Waals surface area contributed by atoms with Crippen LogP contribution in [0.2, 0.25) is 0 Å². The summed E-state index contributed by atoms with van der Waals surface area (Å²) in [5.74, 6) is -0.0283. The lowest BCUT2D eigenvalue weighted by Gasteiger charge is -2.19. The number of aromatic nitrogens is 1. The summed E-state index contributed by atoms with van der Waals surface area (Å²) in [6, 6.07) is 17.4. The molecule has 1 aromatic heterocycles. The molecule has 0 radical (unpaired) electrons. The number of carbonyl (C=O) groups excluding carboxylic acids is 2. The molecule has 0 saturated carbocycles. The van der Waals surface area contributed by atoms with Crippen molar-refractivity contribution in [3.8, 4) is 11.3 Å². The largest absolute Gasteiger partial charge is 0.352 e. The second kappa shape index (κ2) is 10.6. The van der Waals surface area contributed by atoms with Crippen LogP contribution >= 0.6 is 23.1 Å². The van der Waals surface area contributed by atoms with Crippen LogP contribution in [0.4, 0.5) is 5.00 Å². The van der Waals surface area contributed by atoms with Crippen molar-refractivity contribution in [2.45, 2.75) is 30.5 Å². The second-order valence-electron chi connectivity index (χ2n) is 8.19. The molecule has 0 aliphatic heterocycles. The summed E-state index contributed by atoms with van der Waals surface area (Å²) in [6.45, 7) is 10.5. The Labute approximate surface area is 197 Å². The monoisotopic (exact) mass is 465 g/mol. The molecule has 0 bridgehead atoms. The maximum atomic E-state index is 12.9. The molecule has 5 nitrogen and oxygen atoms in total. The normalized spacial score (nSPS) is 11.1. The smallest absolute Gasteiger partial charge is 0.256 e. The van der Waals surface area contributed by atoms with E-state index in [0.29, 0.717) is 22.8 Å². The van der Waals surface area contributed by atoms with E-state index in [0.717, 1.165) is 9.90 Å². The molecular weight excluding hydrogens is 438 g/mol. The summed E-state index contributed by atoms with van der Waals surface area (Å²) in [6.07, 6.45) is 1.64. The zero-order valence-corrected chi connectivity index (χ0v) is 20.1. The van der Waals surface area contributed by atoms with Crippen molar-refractivity contribution in [1.29, 1.82) is 0 Å². The van der Waals surface area contributed by atoms with Gasteiger partial charge in [0.05, 0.1) is 5.75 Å². The summed E-state index contributed by atoms with van der Waals surface area (Å²) < 4.78 is 0.719. The van der Waals surface area contributed by atoms with E-state index >= 15 is 0 Å². The Morgan fingerprint density at radius 2 is 1.78 bits per heavy atom. The van der Waals surface area contributed by atoms with Gasteiger partial charge in [-0.3, -0.25) is 9.59 Å². The van der Waals surface area contributed by atoms with Gasteiger partial charge in [-0.1, -0.05) is 92.4 Å². The number of hydrogen-bond acceptors (Lipinski definition) is 5. The Bertz CT molecular complexity index is 1080. The van der Waals surface area contributed by atoms with Crippen LogP contribution < -0.4 is 10.6 Å². The van der Waals surface area contributed by atoms with E-state index in [2.05, 4.69) is 38.0 Å². The highest BCUT2D eigenvalue weighted by atomic mass is 32.2. The third-order valence-corrected chi connectivity index (χ3v) is 6.78. The van der Waals surface area contributed by atoms with Crippen molar-refractivity contribution in [1.82, 2.24) is 10.3 Å². The SMILES string of the molecule is C=CCNC(=O)CSc1nc(-c2ccccc2)c(NC(=O)c2ccc(C(C)(C)C)cc2)s1. The molecule has 2 aromatic carbocycles. The second-order valence-corrected chi connectivity index (χ2v) is 10.4. The molecule has 2 amide bonds. The molecule has 1 heterocycles. The molecule has 32 heavy (non-hydrogen) atoms. The van der Waals surface area contributed by atoms with Gasteiger partial charge >= 0.3 is 0 Å². The molecule has 0 fully saturated rings. The van der Waals surface area contributed by atoms with Crippen LogP contribution in [0.5, 0.6) is 0 Å². The molecule has 3 rings (SSSR count). The van der Waals surface area contributed by atoms with Crippen LogP contribution in [-0.2, 0) is 10.2 Å². The summed E-state index contributed by atoms with van der Waals surface area (Å²) in [5, 5.41) is 6.43. The lowest BCUT2D eigenvalue weighted by atomic mass is 9.87. The number of thioether (sulfide) groups is 1. The number of anilines is 1. The summed E-state index contributed by atoms with van der Waals surface area (Å²) >= 11 is 2.72. The lowest BCUT2D eigenvalue weighted by molar-refractivity contribution is -0.118. The predicted molar refractivity (Wildman–Crippen MR) is 135 cm³/mol. The number of amides is 2. The first-order chi connectivity index (χ1) is 15.3. The highest BCUT2D eigenvalue weighted by molar-refractivity contribution is 8.01. The first-order valence-corrected chi connectivity index (χ1v) is 12.1. The van der Waals surface area contributed by atoms with E-state index in [4.69, 9.17) is 4.98 Å². The van der Waals surface area contributed by atoms with Crippen LogP contribution in [-0.4, -0.2) is 29.1 Å². The van der Waals surface area contributed by atoms with Gasteiger partial charge in [0.2, 0.25) is 5.91 Å². The third kappa shape index (κ3) is 6.31. The Hall–Kier alpha value is -2.90. The Balaban J connectivity index is 1.80. The van der Waals surface area contributed by atoms with Gasteiger partial charge in [-0.15, -0.1) is 6.58 Å². The van der Waals surface area contributed by atoms with Crippen LogP contribution in [0.3, 0.4) is 0 Å². The van der Waals surface area contributed by atoms with E-state index in [1.165, 1.54) is 28.7 Å².